The molecule has 0 aliphatic heterocycles. The molecule has 1 fully saturated rings. The van der Waals surface area contributed by atoms with Crippen LogP contribution in [0.1, 0.15) is 49.9 Å². The van der Waals surface area contributed by atoms with Gasteiger partial charge in [0.25, 0.3) is 0 Å². The first-order chi connectivity index (χ1) is 17.5. The van der Waals surface area contributed by atoms with Gasteiger partial charge in [-0.05, 0) is 67.9 Å². The molecule has 36 heavy (non-hydrogen) atoms. The van der Waals surface area contributed by atoms with Gasteiger partial charge in [-0.15, -0.1) is 10.2 Å². The summed E-state index contributed by atoms with van der Waals surface area (Å²) in [6, 6.07) is 14.1. The molecule has 2 aromatic carbocycles. The van der Waals surface area contributed by atoms with Gasteiger partial charge in [0, 0.05) is 38.3 Å². The topological polar surface area (TPSA) is 110 Å². The molecule has 1 amide bonds. The number of aryl methyl sites for hydroxylation is 1. The van der Waals surface area contributed by atoms with E-state index < -0.39 is 0 Å². The highest BCUT2D eigenvalue weighted by molar-refractivity contribution is 7.98. The molecule has 1 aliphatic rings. The third kappa shape index (κ3) is 7.24. The first-order valence-corrected chi connectivity index (χ1v) is 13.4. The summed E-state index contributed by atoms with van der Waals surface area (Å²) >= 11 is 1.50. The zero-order chi connectivity index (χ0) is 25.3. The van der Waals surface area contributed by atoms with Crippen LogP contribution in [0.25, 0.3) is 5.69 Å². The van der Waals surface area contributed by atoms with Crippen molar-refractivity contribution in [3.8, 4) is 17.2 Å². The van der Waals surface area contributed by atoms with Crippen molar-refractivity contribution in [3.63, 3.8) is 0 Å². The molecule has 0 saturated heterocycles. The van der Waals surface area contributed by atoms with Crippen molar-refractivity contribution in [2.24, 2.45) is 5.92 Å². The predicted octanol–water partition coefficient (Wildman–Crippen LogP) is 4.61. The van der Waals surface area contributed by atoms with E-state index in [1.165, 1.54) is 11.8 Å². The van der Waals surface area contributed by atoms with E-state index in [0.717, 1.165) is 49.3 Å². The van der Waals surface area contributed by atoms with E-state index in [-0.39, 0.29) is 17.4 Å². The van der Waals surface area contributed by atoms with Crippen molar-refractivity contribution in [1.82, 2.24) is 20.1 Å². The van der Waals surface area contributed by atoms with E-state index in [2.05, 4.69) is 15.5 Å². The molecule has 3 N–H and O–H groups in total. The fraction of sp³-hybridized carbons (Fsp3) is 0.444. The van der Waals surface area contributed by atoms with E-state index >= 15 is 0 Å². The molecule has 8 nitrogen and oxygen atoms in total. The van der Waals surface area contributed by atoms with Crippen LogP contribution in [-0.2, 0) is 21.7 Å². The van der Waals surface area contributed by atoms with Crippen molar-refractivity contribution in [3.05, 3.63) is 59.9 Å². The van der Waals surface area contributed by atoms with Gasteiger partial charge < -0.3 is 20.3 Å². The number of aromatic nitrogens is 3. The number of hydrogen-bond donors (Lipinski definition) is 3. The number of thioether (sulfide) groups is 1. The lowest BCUT2D eigenvalue weighted by molar-refractivity contribution is -0.121. The number of carbonyl (C=O) groups excluding carboxylic acids is 1. The van der Waals surface area contributed by atoms with E-state index in [4.69, 9.17) is 4.74 Å². The molecule has 9 heteroatoms. The lowest BCUT2D eigenvalue weighted by Crippen LogP contribution is -2.32. The van der Waals surface area contributed by atoms with Gasteiger partial charge in [-0.2, -0.15) is 0 Å². The molecule has 4 rings (SSSR count). The summed E-state index contributed by atoms with van der Waals surface area (Å²) in [7, 11) is 1.77. The molecule has 0 atom stereocenters. The van der Waals surface area contributed by atoms with Crippen molar-refractivity contribution in [2.45, 2.75) is 62.0 Å². The van der Waals surface area contributed by atoms with E-state index in [0.29, 0.717) is 42.2 Å². The molecule has 1 heterocycles. The SMILES string of the molecule is COC1CCC(CNC(=O)CCCc2nnc(SCc3cccc(O)c3)n2-c2cccc(O)c2)CC1. The van der Waals surface area contributed by atoms with Gasteiger partial charge in [0.15, 0.2) is 5.16 Å². The van der Waals surface area contributed by atoms with Crippen LogP contribution in [0.2, 0.25) is 0 Å². The number of ether oxygens (including phenoxy) is 1. The Morgan fingerprint density at radius 2 is 1.83 bits per heavy atom. The molecule has 192 valence electrons. The maximum atomic E-state index is 12.5. The first kappa shape index (κ1) is 26.0. The number of amides is 1. The Labute approximate surface area is 216 Å². The molecule has 0 spiro atoms. The van der Waals surface area contributed by atoms with E-state index in [9.17, 15) is 15.0 Å². The number of nitrogens with zero attached hydrogens (tertiary/aromatic N) is 3. The number of methoxy groups -OCH3 is 1. The van der Waals surface area contributed by atoms with E-state index in [1.807, 2.05) is 22.8 Å². The minimum absolute atomic E-state index is 0.0609. The second-order valence-corrected chi connectivity index (χ2v) is 10.2. The number of nitrogens with one attached hydrogen (secondary N) is 1. The molecule has 1 aliphatic carbocycles. The lowest BCUT2D eigenvalue weighted by atomic mass is 9.87. The molecule has 1 saturated carbocycles. The van der Waals surface area contributed by atoms with Gasteiger partial charge in [-0.25, -0.2) is 0 Å². The van der Waals surface area contributed by atoms with Crippen molar-refractivity contribution in [1.29, 1.82) is 0 Å². The fourth-order valence-electron chi connectivity index (χ4n) is 4.57. The van der Waals surface area contributed by atoms with E-state index in [1.54, 1.807) is 37.4 Å². The molecular formula is C27H34N4O4S. The molecule has 3 aromatic rings. The number of phenols is 2. The van der Waals surface area contributed by atoms with Crippen LogP contribution in [0.3, 0.4) is 0 Å². The van der Waals surface area contributed by atoms with Gasteiger partial charge in [0.2, 0.25) is 5.91 Å². The summed E-state index contributed by atoms with van der Waals surface area (Å²) in [5.74, 6) is 2.33. The first-order valence-electron chi connectivity index (χ1n) is 12.5. The fourth-order valence-corrected chi connectivity index (χ4v) is 5.48. The summed E-state index contributed by atoms with van der Waals surface area (Å²) in [4.78, 5) is 12.5. The van der Waals surface area contributed by atoms with Crippen LogP contribution in [0, 0.1) is 5.92 Å². The molecule has 0 unspecified atom stereocenters. The molecule has 1 aromatic heterocycles. The standard InChI is InChI=1S/C27H34N4O4S/c1-35-24-13-11-19(12-14-24)17-28-26(34)10-4-9-25-29-30-27(31(25)21-6-3-8-23(33)16-21)36-18-20-5-2-7-22(32)15-20/h2-3,5-8,15-16,19,24,32-33H,4,9-14,17-18H2,1H3,(H,28,34). The maximum absolute atomic E-state index is 12.5. The van der Waals surface area contributed by atoms with Crippen LogP contribution < -0.4 is 5.32 Å². The van der Waals surface area contributed by atoms with Crippen LogP contribution in [-0.4, -0.2) is 50.6 Å². The number of rotatable bonds is 11. The average Bonchev–Trinajstić information content (AvgIpc) is 3.29. The third-order valence-corrected chi connectivity index (χ3v) is 7.59. The Balaban J connectivity index is 1.35. The van der Waals surface area contributed by atoms with Crippen LogP contribution in [0.4, 0.5) is 0 Å². The van der Waals surface area contributed by atoms with Crippen LogP contribution >= 0.6 is 11.8 Å². The van der Waals surface area contributed by atoms with Crippen molar-refractivity contribution in [2.75, 3.05) is 13.7 Å². The van der Waals surface area contributed by atoms with Gasteiger partial charge in [-0.1, -0.05) is 30.0 Å². The lowest BCUT2D eigenvalue weighted by Gasteiger charge is -2.27. The van der Waals surface area contributed by atoms with Crippen molar-refractivity contribution >= 4 is 17.7 Å². The van der Waals surface area contributed by atoms with Gasteiger partial charge in [-0.3, -0.25) is 9.36 Å². The summed E-state index contributed by atoms with van der Waals surface area (Å²) in [5, 5.41) is 32.3. The highest BCUT2D eigenvalue weighted by Crippen LogP contribution is 2.28. The Hall–Kier alpha value is -3.04. The molecule has 0 bridgehead atoms. The van der Waals surface area contributed by atoms with Gasteiger partial charge >= 0.3 is 0 Å². The highest BCUT2D eigenvalue weighted by Gasteiger charge is 2.21. The maximum Gasteiger partial charge on any atom is 0.220 e. The summed E-state index contributed by atoms with van der Waals surface area (Å²) in [6.07, 6.45) is 6.33. The number of aromatic hydroxyl groups is 2. The number of benzene rings is 2. The minimum atomic E-state index is 0.0609. The largest absolute Gasteiger partial charge is 0.508 e. The number of carbonyl (C=O) groups is 1. The van der Waals surface area contributed by atoms with Gasteiger partial charge in [0.05, 0.1) is 11.8 Å². The smallest absolute Gasteiger partial charge is 0.220 e. The van der Waals surface area contributed by atoms with Crippen LogP contribution in [0.15, 0.2) is 53.7 Å². The van der Waals surface area contributed by atoms with Crippen molar-refractivity contribution < 1.29 is 19.7 Å². The zero-order valence-corrected chi connectivity index (χ0v) is 21.4. The van der Waals surface area contributed by atoms with Gasteiger partial charge in [0.1, 0.15) is 17.3 Å². The molecule has 0 radical (unpaired) electrons. The third-order valence-electron chi connectivity index (χ3n) is 6.59. The van der Waals surface area contributed by atoms with Crippen LogP contribution in [0.5, 0.6) is 11.5 Å². The second-order valence-electron chi connectivity index (χ2n) is 9.25. The predicted molar refractivity (Wildman–Crippen MR) is 139 cm³/mol. The Bertz CT molecular complexity index is 1140. The zero-order valence-electron chi connectivity index (χ0n) is 20.6. The quantitative estimate of drug-likeness (QED) is 0.323. The summed E-state index contributed by atoms with van der Waals surface area (Å²) in [5.41, 5.74) is 1.74. The monoisotopic (exact) mass is 510 g/mol. The summed E-state index contributed by atoms with van der Waals surface area (Å²) in [6.45, 7) is 0.727. The normalized spacial score (nSPS) is 17.7. The second kappa shape index (κ2) is 12.8. The molecular weight excluding hydrogens is 476 g/mol. The Kier molecular flexibility index (Phi) is 9.24. The number of hydrogen-bond acceptors (Lipinski definition) is 7. The summed E-state index contributed by atoms with van der Waals surface area (Å²) < 4.78 is 7.36. The average molecular weight is 511 g/mol. The Morgan fingerprint density at radius 1 is 1.08 bits per heavy atom. The highest BCUT2D eigenvalue weighted by atomic mass is 32.2. The minimum Gasteiger partial charge on any atom is -0.508 e. The Morgan fingerprint density at radius 3 is 2.56 bits per heavy atom. The number of phenolic OH excluding ortho intramolecular Hbond substituents is 2.